The summed E-state index contributed by atoms with van der Waals surface area (Å²) < 4.78 is 5.08. The topological polar surface area (TPSA) is 71.3 Å². The Morgan fingerprint density at radius 3 is 2.75 bits per heavy atom. The van der Waals surface area contributed by atoms with Crippen LogP contribution in [0.5, 0.6) is 0 Å². The Bertz CT molecular complexity index is 737. The lowest BCUT2D eigenvalue weighted by atomic mass is 9.97. The molecule has 1 N–H and O–H groups in total. The third-order valence-corrected chi connectivity index (χ3v) is 5.95. The number of aryl methyl sites for hydroxylation is 2. The van der Waals surface area contributed by atoms with Gasteiger partial charge in [-0.25, -0.2) is 0 Å². The van der Waals surface area contributed by atoms with Crippen molar-refractivity contribution in [2.45, 2.75) is 46.5 Å². The fourth-order valence-electron chi connectivity index (χ4n) is 3.12. The summed E-state index contributed by atoms with van der Waals surface area (Å²) in [5.74, 6) is 1.65. The number of hydrogen-bond acceptors (Lipinski definition) is 6. The molecular weight excluding hydrogens is 324 g/mol. The molecular formula is C17H24N4O2S. The number of hydrogen-bond donors (Lipinski definition) is 1. The van der Waals surface area contributed by atoms with Gasteiger partial charge in [-0.05, 0) is 51.3 Å². The van der Waals surface area contributed by atoms with E-state index in [0.29, 0.717) is 12.4 Å². The van der Waals surface area contributed by atoms with Crippen molar-refractivity contribution >= 4 is 22.2 Å². The maximum atomic E-state index is 12.4. The van der Waals surface area contributed by atoms with E-state index in [2.05, 4.69) is 41.1 Å². The van der Waals surface area contributed by atoms with Gasteiger partial charge in [0.05, 0.1) is 11.5 Å². The Morgan fingerprint density at radius 2 is 2.12 bits per heavy atom. The number of piperidine rings is 1. The van der Waals surface area contributed by atoms with Gasteiger partial charge < -0.3 is 9.84 Å². The van der Waals surface area contributed by atoms with Crippen LogP contribution in [0, 0.1) is 27.7 Å². The minimum atomic E-state index is 0.0456. The summed E-state index contributed by atoms with van der Waals surface area (Å²) in [6.07, 6.45) is 2.08. The van der Waals surface area contributed by atoms with Crippen molar-refractivity contribution in [3.05, 3.63) is 27.7 Å². The summed E-state index contributed by atoms with van der Waals surface area (Å²) in [7, 11) is 0. The summed E-state index contributed by atoms with van der Waals surface area (Å²) in [4.78, 5) is 20.2. The van der Waals surface area contributed by atoms with Crippen molar-refractivity contribution in [1.82, 2.24) is 15.0 Å². The number of aromatic nitrogens is 2. The number of nitrogens with one attached hydrogen (secondary N) is 1. The standard InChI is InChI=1S/C17H24N4O2S/c1-10-11(2)17(24-12(10)3)19-15(22)9-21-7-5-6-14(8-21)16-18-13(4)23-20-16/h14H,5-9H2,1-4H3,(H,19,22). The van der Waals surface area contributed by atoms with Crippen LogP contribution in [0.1, 0.15) is 46.5 Å². The number of rotatable bonds is 4. The van der Waals surface area contributed by atoms with Crippen LogP contribution in [-0.2, 0) is 4.79 Å². The molecule has 1 atom stereocenters. The summed E-state index contributed by atoms with van der Waals surface area (Å²) in [6, 6.07) is 0. The van der Waals surface area contributed by atoms with Gasteiger partial charge in [0.15, 0.2) is 5.82 Å². The molecule has 0 aromatic carbocycles. The largest absolute Gasteiger partial charge is 0.340 e. The second kappa shape index (κ2) is 7.03. The van der Waals surface area contributed by atoms with E-state index in [0.717, 1.165) is 36.8 Å². The first kappa shape index (κ1) is 17.1. The van der Waals surface area contributed by atoms with Gasteiger partial charge in [-0.15, -0.1) is 11.3 Å². The van der Waals surface area contributed by atoms with Crippen molar-refractivity contribution in [3.63, 3.8) is 0 Å². The molecule has 24 heavy (non-hydrogen) atoms. The van der Waals surface area contributed by atoms with Crippen LogP contribution in [0.4, 0.5) is 5.00 Å². The Balaban J connectivity index is 1.58. The van der Waals surface area contributed by atoms with Crippen molar-refractivity contribution in [2.24, 2.45) is 0 Å². The van der Waals surface area contributed by atoms with Gasteiger partial charge in [0.1, 0.15) is 0 Å². The molecule has 6 nitrogen and oxygen atoms in total. The minimum absolute atomic E-state index is 0.0456. The molecule has 0 aliphatic carbocycles. The molecule has 0 spiro atoms. The Labute approximate surface area is 146 Å². The van der Waals surface area contributed by atoms with Gasteiger partial charge >= 0.3 is 0 Å². The molecule has 0 bridgehead atoms. The highest BCUT2D eigenvalue weighted by Crippen LogP contribution is 2.31. The van der Waals surface area contributed by atoms with Gasteiger partial charge in [-0.2, -0.15) is 4.98 Å². The molecule has 7 heteroatoms. The molecule has 2 aromatic rings. The molecule has 3 heterocycles. The van der Waals surface area contributed by atoms with Crippen molar-refractivity contribution in [1.29, 1.82) is 0 Å². The summed E-state index contributed by atoms with van der Waals surface area (Å²) in [5.41, 5.74) is 2.44. The monoisotopic (exact) mass is 348 g/mol. The van der Waals surface area contributed by atoms with Crippen LogP contribution in [0.25, 0.3) is 0 Å². The first-order valence-corrected chi connectivity index (χ1v) is 9.14. The molecule has 1 aliphatic heterocycles. The highest BCUT2D eigenvalue weighted by Gasteiger charge is 2.26. The number of amides is 1. The predicted molar refractivity (Wildman–Crippen MR) is 94.6 cm³/mol. The highest BCUT2D eigenvalue weighted by atomic mass is 32.1. The molecule has 1 saturated heterocycles. The third kappa shape index (κ3) is 3.67. The van der Waals surface area contributed by atoms with Crippen LogP contribution in [-0.4, -0.2) is 40.6 Å². The minimum Gasteiger partial charge on any atom is -0.340 e. The van der Waals surface area contributed by atoms with E-state index in [1.54, 1.807) is 18.3 Å². The van der Waals surface area contributed by atoms with E-state index in [4.69, 9.17) is 4.52 Å². The predicted octanol–water partition coefficient (Wildman–Crippen LogP) is 3.18. The zero-order chi connectivity index (χ0) is 17.3. The van der Waals surface area contributed by atoms with Gasteiger partial charge in [0.2, 0.25) is 11.8 Å². The van der Waals surface area contributed by atoms with Crippen LogP contribution in [0.2, 0.25) is 0 Å². The maximum Gasteiger partial charge on any atom is 0.239 e. The van der Waals surface area contributed by atoms with E-state index in [9.17, 15) is 4.79 Å². The maximum absolute atomic E-state index is 12.4. The highest BCUT2D eigenvalue weighted by molar-refractivity contribution is 7.16. The number of thiophene rings is 1. The fourth-order valence-corrected chi connectivity index (χ4v) is 4.20. The fraction of sp³-hybridized carbons (Fsp3) is 0.588. The molecule has 0 radical (unpaired) electrons. The van der Waals surface area contributed by atoms with Crippen LogP contribution in [0.15, 0.2) is 4.52 Å². The number of carbonyl (C=O) groups excluding carboxylic acids is 1. The van der Waals surface area contributed by atoms with E-state index < -0.39 is 0 Å². The summed E-state index contributed by atoms with van der Waals surface area (Å²) in [5, 5.41) is 8.07. The lowest BCUT2D eigenvalue weighted by molar-refractivity contribution is -0.117. The third-order valence-electron chi connectivity index (χ3n) is 4.72. The van der Waals surface area contributed by atoms with E-state index in [1.807, 2.05) is 0 Å². The lowest BCUT2D eigenvalue weighted by Crippen LogP contribution is -2.40. The molecule has 2 aromatic heterocycles. The molecule has 1 amide bonds. The van der Waals surface area contributed by atoms with Gasteiger partial charge in [-0.3, -0.25) is 9.69 Å². The normalized spacial score (nSPS) is 18.8. The molecule has 0 saturated carbocycles. The Morgan fingerprint density at radius 1 is 1.33 bits per heavy atom. The first-order valence-electron chi connectivity index (χ1n) is 8.33. The summed E-state index contributed by atoms with van der Waals surface area (Å²) in [6.45, 7) is 10.2. The average Bonchev–Trinajstić information content (AvgIpc) is 3.08. The molecule has 130 valence electrons. The van der Waals surface area contributed by atoms with Gasteiger partial charge in [0, 0.05) is 24.3 Å². The first-order chi connectivity index (χ1) is 11.4. The second-order valence-electron chi connectivity index (χ2n) is 6.53. The SMILES string of the molecule is Cc1nc(C2CCCN(CC(=O)Nc3sc(C)c(C)c3C)C2)no1. The van der Waals surface area contributed by atoms with Crippen LogP contribution >= 0.6 is 11.3 Å². The van der Waals surface area contributed by atoms with E-state index >= 15 is 0 Å². The smallest absolute Gasteiger partial charge is 0.239 e. The van der Waals surface area contributed by atoms with E-state index in [1.165, 1.54) is 16.0 Å². The Hall–Kier alpha value is -1.73. The average molecular weight is 348 g/mol. The second-order valence-corrected chi connectivity index (χ2v) is 7.76. The van der Waals surface area contributed by atoms with Crippen LogP contribution < -0.4 is 5.32 Å². The van der Waals surface area contributed by atoms with Gasteiger partial charge in [-0.1, -0.05) is 5.16 Å². The zero-order valence-electron chi connectivity index (χ0n) is 14.7. The van der Waals surface area contributed by atoms with Crippen molar-refractivity contribution < 1.29 is 9.32 Å². The van der Waals surface area contributed by atoms with E-state index in [-0.39, 0.29) is 11.8 Å². The number of nitrogens with zero attached hydrogens (tertiary/aromatic N) is 3. The van der Waals surface area contributed by atoms with Crippen LogP contribution in [0.3, 0.4) is 0 Å². The lowest BCUT2D eigenvalue weighted by Gasteiger charge is -2.30. The zero-order valence-corrected chi connectivity index (χ0v) is 15.5. The molecule has 1 unspecified atom stereocenters. The molecule has 1 aliphatic rings. The van der Waals surface area contributed by atoms with Gasteiger partial charge in [0.25, 0.3) is 0 Å². The molecule has 3 rings (SSSR count). The number of carbonyl (C=O) groups is 1. The summed E-state index contributed by atoms with van der Waals surface area (Å²) >= 11 is 1.65. The van der Waals surface area contributed by atoms with Crippen molar-refractivity contribution in [3.8, 4) is 0 Å². The number of likely N-dealkylation sites (tertiary alicyclic amines) is 1. The Kier molecular flexibility index (Phi) is 5.01. The molecule has 1 fully saturated rings. The number of anilines is 1. The quantitative estimate of drug-likeness (QED) is 0.919. The van der Waals surface area contributed by atoms with Crippen molar-refractivity contribution in [2.75, 3.05) is 25.0 Å².